The average molecular weight is 277 g/mol. The average Bonchev–Trinajstić information content (AvgIpc) is 2.45. The van der Waals surface area contributed by atoms with Crippen molar-refractivity contribution in [1.29, 1.82) is 0 Å². The van der Waals surface area contributed by atoms with E-state index in [-0.39, 0.29) is 5.91 Å². The van der Waals surface area contributed by atoms with E-state index >= 15 is 0 Å². The Balaban J connectivity index is 2.22. The molecule has 0 aromatic heterocycles. The van der Waals surface area contributed by atoms with Gasteiger partial charge in [0.25, 0.3) is 0 Å². The van der Waals surface area contributed by atoms with E-state index in [1.54, 1.807) is 0 Å². The van der Waals surface area contributed by atoms with Crippen LogP contribution in [0.5, 0.6) is 0 Å². The molecule has 1 aromatic carbocycles. The summed E-state index contributed by atoms with van der Waals surface area (Å²) in [7, 11) is 0. The van der Waals surface area contributed by atoms with E-state index < -0.39 is 0 Å². The first-order valence-corrected chi connectivity index (χ1v) is 7.49. The number of nitrogens with one attached hydrogen (secondary N) is 1. The third-order valence-corrected chi connectivity index (χ3v) is 3.41. The molecular formula is C16H27N3O. The lowest BCUT2D eigenvalue weighted by molar-refractivity contribution is -0.121. The molecule has 0 radical (unpaired) electrons. The predicted molar refractivity (Wildman–Crippen MR) is 84.6 cm³/mol. The second-order valence-corrected chi connectivity index (χ2v) is 4.98. The number of carbonyl (C=O) groups excluding carboxylic acids is 1. The van der Waals surface area contributed by atoms with E-state index in [1.165, 1.54) is 0 Å². The van der Waals surface area contributed by atoms with Gasteiger partial charge in [0.05, 0.1) is 0 Å². The first kappa shape index (κ1) is 16.5. The second-order valence-electron chi connectivity index (χ2n) is 4.98. The molecule has 0 saturated carbocycles. The topological polar surface area (TPSA) is 58.4 Å². The molecule has 1 amide bonds. The number of carbonyl (C=O) groups is 1. The number of likely N-dealkylation sites (N-methyl/N-ethyl adjacent to an activating group) is 1. The van der Waals surface area contributed by atoms with Crippen molar-refractivity contribution < 1.29 is 4.79 Å². The smallest absolute Gasteiger partial charge is 0.220 e. The van der Waals surface area contributed by atoms with Gasteiger partial charge in [-0.25, -0.2) is 0 Å². The van der Waals surface area contributed by atoms with Gasteiger partial charge < -0.3 is 16.0 Å². The summed E-state index contributed by atoms with van der Waals surface area (Å²) in [5.74, 6) is 0.0980. The van der Waals surface area contributed by atoms with Crippen LogP contribution in [0.2, 0.25) is 0 Å². The lowest BCUT2D eigenvalue weighted by Gasteiger charge is -2.19. The Morgan fingerprint density at radius 1 is 1.25 bits per heavy atom. The molecule has 0 aliphatic carbocycles. The standard InChI is InChI=1S/C16H27N3O/c1-3-12-19(4-2)13-11-18-16(20)10-9-14-7-5-6-8-15(14)17/h5-8H,3-4,9-13,17H2,1-2H3,(H,18,20). The summed E-state index contributed by atoms with van der Waals surface area (Å²) in [5.41, 5.74) is 7.67. The van der Waals surface area contributed by atoms with Gasteiger partial charge in [-0.2, -0.15) is 0 Å². The van der Waals surface area contributed by atoms with Crippen LogP contribution in [0.15, 0.2) is 24.3 Å². The maximum atomic E-state index is 11.8. The van der Waals surface area contributed by atoms with E-state index in [2.05, 4.69) is 24.1 Å². The number of benzene rings is 1. The Bertz CT molecular complexity index is 406. The van der Waals surface area contributed by atoms with E-state index in [0.717, 1.165) is 43.9 Å². The maximum Gasteiger partial charge on any atom is 0.220 e. The molecule has 3 N–H and O–H groups in total. The Morgan fingerprint density at radius 2 is 2.00 bits per heavy atom. The summed E-state index contributed by atoms with van der Waals surface area (Å²) in [5, 5.41) is 2.97. The number of hydrogen-bond donors (Lipinski definition) is 2. The molecule has 0 aliphatic heterocycles. The number of rotatable bonds is 9. The summed E-state index contributed by atoms with van der Waals surface area (Å²) >= 11 is 0. The van der Waals surface area contributed by atoms with Crippen LogP contribution >= 0.6 is 0 Å². The summed E-state index contributed by atoms with van der Waals surface area (Å²) in [4.78, 5) is 14.1. The number of anilines is 1. The minimum atomic E-state index is 0.0980. The summed E-state index contributed by atoms with van der Waals surface area (Å²) in [6, 6.07) is 7.71. The number of para-hydroxylation sites is 1. The van der Waals surface area contributed by atoms with Crippen molar-refractivity contribution in [2.24, 2.45) is 0 Å². The van der Waals surface area contributed by atoms with Crippen LogP contribution in [0.1, 0.15) is 32.3 Å². The van der Waals surface area contributed by atoms with Crippen molar-refractivity contribution in [3.63, 3.8) is 0 Å². The molecule has 112 valence electrons. The monoisotopic (exact) mass is 277 g/mol. The van der Waals surface area contributed by atoms with E-state index in [4.69, 9.17) is 5.73 Å². The SMILES string of the molecule is CCCN(CC)CCNC(=O)CCc1ccccc1N. The van der Waals surface area contributed by atoms with Gasteiger partial charge in [0, 0.05) is 25.2 Å². The zero-order valence-electron chi connectivity index (χ0n) is 12.7. The van der Waals surface area contributed by atoms with Crippen LogP contribution in [-0.4, -0.2) is 37.0 Å². The van der Waals surface area contributed by atoms with Crippen LogP contribution in [0.25, 0.3) is 0 Å². The summed E-state index contributed by atoms with van der Waals surface area (Å²) in [6.07, 6.45) is 2.34. The van der Waals surface area contributed by atoms with E-state index in [9.17, 15) is 4.79 Å². The fourth-order valence-electron chi connectivity index (χ4n) is 2.20. The number of hydrogen-bond acceptors (Lipinski definition) is 3. The molecule has 0 heterocycles. The van der Waals surface area contributed by atoms with Gasteiger partial charge in [-0.3, -0.25) is 4.79 Å². The van der Waals surface area contributed by atoms with Gasteiger partial charge in [-0.15, -0.1) is 0 Å². The molecule has 0 atom stereocenters. The molecule has 20 heavy (non-hydrogen) atoms. The molecule has 0 fully saturated rings. The molecule has 0 bridgehead atoms. The second kappa shape index (κ2) is 9.37. The molecule has 4 nitrogen and oxygen atoms in total. The zero-order valence-corrected chi connectivity index (χ0v) is 12.7. The van der Waals surface area contributed by atoms with Crippen molar-refractivity contribution in [1.82, 2.24) is 10.2 Å². The number of nitrogens with two attached hydrogens (primary N) is 1. The van der Waals surface area contributed by atoms with E-state index in [0.29, 0.717) is 12.8 Å². The van der Waals surface area contributed by atoms with Crippen molar-refractivity contribution in [2.75, 3.05) is 31.9 Å². The van der Waals surface area contributed by atoms with Crippen LogP contribution in [0.4, 0.5) is 5.69 Å². The Kier molecular flexibility index (Phi) is 7.73. The number of nitrogens with zero attached hydrogens (tertiary/aromatic N) is 1. The van der Waals surface area contributed by atoms with Crippen LogP contribution in [0.3, 0.4) is 0 Å². The number of aryl methyl sites for hydroxylation is 1. The molecule has 4 heteroatoms. The van der Waals surface area contributed by atoms with Gasteiger partial charge in [-0.1, -0.05) is 32.0 Å². The lowest BCUT2D eigenvalue weighted by Crippen LogP contribution is -2.35. The highest BCUT2D eigenvalue weighted by atomic mass is 16.1. The molecule has 1 rings (SSSR count). The molecule has 0 spiro atoms. The van der Waals surface area contributed by atoms with Gasteiger partial charge in [0.1, 0.15) is 0 Å². The maximum absolute atomic E-state index is 11.8. The predicted octanol–water partition coefficient (Wildman–Crippen LogP) is 2.05. The molecular weight excluding hydrogens is 250 g/mol. The summed E-state index contributed by atoms with van der Waals surface area (Å²) < 4.78 is 0. The van der Waals surface area contributed by atoms with Crippen LogP contribution in [-0.2, 0) is 11.2 Å². The first-order chi connectivity index (χ1) is 9.67. The fraction of sp³-hybridized carbons (Fsp3) is 0.562. The first-order valence-electron chi connectivity index (χ1n) is 7.49. The van der Waals surface area contributed by atoms with Crippen LogP contribution < -0.4 is 11.1 Å². The minimum absolute atomic E-state index is 0.0980. The Morgan fingerprint density at radius 3 is 2.65 bits per heavy atom. The molecule has 0 aliphatic rings. The molecule has 1 aromatic rings. The summed E-state index contributed by atoms with van der Waals surface area (Å²) in [6.45, 7) is 8.08. The third kappa shape index (κ3) is 6.06. The highest BCUT2D eigenvalue weighted by Crippen LogP contribution is 2.12. The minimum Gasteiger partial charge on any atom is -0.399 e. The van der Waals surface area contributed by atoms with Crippen molar-refractivity contribution >= 4 is 11.6 Å². The quantitative estimate of drug-likeness (QED) is 0.679. The van der Waals surface area contributed by atoms with Crippen molar-refractivity contribution in [2.45, 2.75) is 33.1 Å². The largest absolute Gasteiger partial charge is 0.399 e. The Labute approximate surface area is 122 Å². The van der Waals surface area contributed by atoms with Gasteiger partial charge in [-0.05, 0) is 37.6 Å². The molecule has 0 saturated heterocycles. The van der Waals surface area contributed by atoms with Gasteiger partial charge in [0.15, 0.2) is 0 Å². The van der Waals surface area contributed by atoms with Crippen molar-refractivity contribution in [3.8, 4) is 0 Å². The third-order valence-electron chi connectivity index (χ3n) is 3.41. The highest BCUT2D eigenvalue weighted by molar-refractivity contribution is 5.76. The van der Waals surface area contributed by atoms with Crippen LogP contribution in [0, 0.1) is 0 Å². The fourth-order valence-corrected chi connectivity index (χ4v) is 2.20. The zero-order chi connectivity index (χ0) is 14.8. The van der Waals surface area contributed by atoms with Gasteiger partial charge in [0.2, 0.25) is 5.91 Å². The highest BCUT2D eigenvalue weighted by Gasteiger charge is 2.05. The van der Waals surface area contributed by atoms with Gasteiger partial charge >= 0.3 is 0 Å². The molecule has 0 unspecified atom stereocenters. The normalized spacial score (nSPS) is 10.8. The Hall–Kier alpha value is -1.55. The van der Waals surface area contributed by atoms with Crippen molar-refractivity contribution in [3.05, 3.63) is 29.8 Å². The number of nitrogen functional groups attached to an aromatic ring is 1. The number of amides is 1. The van der Waals surface area contributed by atoms with E-state index in [1.807, 2.05) is 24.3 Å². The lowest BCUT2D eigenvalue weighted by atomic mass is 10.1.